The SMILES string of the molecule is CCOc1cc2c(cc1CNC(=O)c1cc(Cl)nc(Cl)c1)OC(C)C2. The summed E-state index contributed by atoms with van der Waals surface area (Å²) in [6.07, 6.45) is 1.01. The maximum atomic E-state index is 12.3. The van der Waals surface area contributed by atoms with E-state index in [0.29, 0.717) is 18.7 Å². The molecule has 2 heterocycles. The van der Waals surface area contributed by atoms with Crippen LogP contribution in [0, 0.1) is 0 Å². The molecule has 0 fully saturated rings. The minimum absolute atomic E-state index is 0.149. The van der Waals surface area contributed by atoms with Crippen LogP contribution < -0.4 is 14.8 Å². The van der Waals surface area contributed by atoms with Crippen molar-refractivity contribution >= 4 is 29.1 Å². The summed E-state index contributed by atoms with van der Waals surface area (Å²) in [6, 6.07) is 6.86. The summed E-state index contributed by atoms with van der Waals surface area (Å²) < 4.78 is 11.5. The number of nitrogens with zero attached hydrogens (tertiary/aromatic N) is 1. The van der Waals surface area contributed by atoms with Crippen molar-refractivity contribution in [2.24, 2.45) is 0 Å². The number of amides is 1. The molecule has 0 bridgehead atoms. The highest BCUT2D eigenvalue weighted by Gasteiger charge is 2.22. The van der Waals surface area contributed by atoms with Crippen LogP contribution in [0.3, 0.4) is 0 Å². The fourth-order valence-electron chi connectivity index (χ4n) is 2.78. The number of ether oxygens (including phenoxy) is 2. The quantitative estimate of drug-likeness (QED) is 0.795. The first-order valence-corrected chi connectivity index (χ1v) is 8.78. The van der Waals surface area contributed by atoms with Crippen molar-refractivity contribution in [1.82, 2.24) is 10.3 Å². The molecule has 25 heavy (non-hydrogen) atoms. The molecule has 1 amide bonds. The second-order valence-electron chi connectivity index (χ2n) is 5.82. The van der Waals surface area contributed by atoms with Gasteiger partial charge in [-0.05, 0) is 38.1 Å². The lowest BCUT2D eigenvalue weighted by Gasteiger charge is -2.13. The van der Waals surface area contributed by atoms with Crippen LogP contribution in [0.2, 0.25) is 10.3 Å². The Balaban J connectivity index is 1.78. The van der Waals surface area contributed by atoms with Gasteiger partial charge in [-0.3, -0.25) is 4.79 Å². The van der Waals surface area contributed by atoms with Crippen molar-refractivity contribution in [1.29, 1.82) is 0 Å². The van der Waals surface area contributed by atoms with E-state index in [9.17, 15) is 4.79 Å². The van der Waals surface area contributed by atoms with E-state index in [1.54, 1.807) is 0 Å². The predicted octanol–water partition coefficient (Wildman–Crippen LogP) is 4.04. The highest BCUT2D eigenvalue weighted by Crippen LogP contribution is 2.35. The van der Waals surface area contributed by atoms with Crippen LogP contribution in [0.25, 0.3) is 0 Å². The Morgan fingerprint density at radius 1 is 1.32 bits per heavy atom. The topological polar surface area (TPSA) is 60.5 Å². The zero-order valence-electron chi connectivity index (χ0n) is 13.9. The van der Waals surface area contributed by atoms with E-state index < -0.39 is 0 Å². The Hall–Kier alpha value is -1.98. The van der Waals surface area contributed by atoms with Crippen molar-refractivity contribution in [3.63, 3.8) is 0 Å². The van der Waals surface area contributed by atoms with Gasteiger partial charge in [0.25, 0.3) is 5.91 Å². The predicted molar refractivity (Wildman–Crippen MR) is 96.8 cm³/mol. The highest BCUT2D eigenvalue weighted by atomic mass is 35.5. The van der Waals surface area contributed by atoms with E-state index in [1.165, 1.54) is 12.1 Å². The molecule has 1 aliphatic heterocycles. The Morgan fingerprint density at radius 3 is 2.72 bits per heavy atom. The van der Waals surface area contributed by atoms with Crippen LogP contribution in [0.1, 0.15) is 35.3 Å². The minimum atomic E-state index is -0.288. The molecule has 1 N–H and O–H groups in total. The minimum Gasteiger partial charge on any atom is -0.494 e. The number of benzene rings is 1. The lowest BCUT2D eigenvalue weighted by atomic mass is 10.1. The monoisotopic (exact) mass is 380 g/mol. The third kappa shape index (κ3) is 4.17. The van der Waals surface area contributed by atoms with E-state index in [2.05, 4.69) is 10.3 Å². The molecule has 1 atom stereocenters. The van der Waals surface area contributed by atoms with Gasteiger partial charge in [0, 0.05) is 29.7 Å². The number of carbonyl (C=O) groups excluding carboxylic acids is 1. The zero-order valence-corrected chi connectivity index (χ0v) is 15.4. The molecule has 3 rings (SSSR count). The normalized spacial score (nSPS) is 15.4. The molecule has 132 valence electrons. The van der Waals surface area contributed by atoms with Gasteiger partial charge in [0.15, 0.2) is 0 Å². The smallest absolute Gasteiger partial charge is 0.251 e. The van der Waals surface area contributed by atoms with Gasteiger partial charge in [0.05, 0.1) is 6.61 Å². The number of aromatic nitrogens is 1. The summed E-state index contributed by atoms with van der Waals surface area (Å²) in [5, 5.41) is 3.20. The van der Waals surface area contributed by atoms with E-state index in [4.69, 9.17) is 32.7 Å². The van der Waals surface area contributed by atoms with Gasteiger partial charge in [0.1, 0.15) is 27.9 Å². The largest absolute Gasteiger partial charge is 0.494 e. The first-order valence-electron chi connectivity index (χ1n) is 8.02. The second-order valence-corrected chi connectivity index (χ2v) is 6.59. The lowest BCUT2D eigenvalue weighted by molar-refractivity contribution is 0.0950. The van der Waals surface area contributed by atoms with Gasteiger partial charge in [-0.25, -0.2) is 4.98 Å². The maximum absolute atomic E-state index is 12.3. The third-order valence-corrected chi connectivity index (χ3v) is 4.23. The molecule has 1 unspecified atom stereocenters. The first kappa shape index (κ1) is 17.8. The Labute approximate surface area is 156 Å². The van der Waals surface area contributed by atoms with Crippen LogP contribution in [-0.4, -0.2) is 23.6 Å². The Kier molecular flexibility index (Phi) is 5.35. The number of carbonyl (C=O) groups is 1. The number of halogens is 2. The van der Waals surface area contributed by atoms with Crippen molar-refractivity contribution < 1.29 is 14.3 Å². The molecule has 0 saturated carbocycles. The molecular weight excluding hydrogens is 363 g/mol. The van der Waals surface area contributed by atoms with E-state index in [-0.39, 0.29) is 22.3 Å². The van der Waals surface area contributed by atoms with Gasteiger partial charge >= 0.3 is 0 Å². The van der Waals surface area contributed by atoms with E-state index in [0.717, 1.165) is 29.0 Å². The lowest BCUT2D eigenvalue weighted by Crippen LogP contribution is -2.23. The van der Waals surface area contributed by atoms with Gasteiger partial charge in [-0.1, -0.05) is 23.2 Å². The highest BCUT2D eigenvalue weighted by molar-refractivity contribution is 6.33. The molecule has 5 nitrogen and oxygen atoms in total. The van der Waals surface area contributed by atoms with Gasteiger partial charge < -0.3 is 14.8 Å². The maximum Gasteiger partial charge on any atom is 0.251 e. The number of pyridine rings is 1. The number of fused-ring (bicyclic) bond motifs is 1. The summed E-state index contributed by atoms with van der Waals surface area (Å²) in [5.74, 6) is 1.31. The molecule has 0 radical (unpaired) electrons. The van der Waals surface area contributed by atoms with E-state index in [1.807, 2.05) is 26.0 Å². The third-order valence-electron chi connectivity index (χ3n) is 3.84. The molecule has 0 saturated heterocycles. The molecule has 2 aromatic rings. The van der Waals surface area contributed by atoms with Gasteiger partial charge in [-0.15, -0.1) is 0 Å². The molecule has 1 aromatic heterocycles. The fourth-order valence-corrected chi connectivity index (χ4v) is 3.24. The zero-order chi connectivity index (χ0) is 18.0. The standard InChI is InChI=1S/C18H18Cl2N2O3/c1-3-24-14-5-11-4-10(2)25-15(11)6-13(14)9-21-18(23)12-7-16(19)22-17(20)8-12/h5-8,10H,3-4,9H2,1-2H3,(H,21,23). The summed E-state index contributed by atoms with van der Waals surface area (Å²) in [4.78, 5) is 16.2. The first-order chi connectivity index (χ1) is 12.0. The molecule has 1 aromatic carbocycles. The average molecular weight is 381 g/mol. The molecule has 7 heteroatoms. The van der Waals surface area contributed by atoms with Crippen LogP contribution in [0.5, 0.6) is 11.5 Å². The molecule has 0 spiro atoms. The van der Waals surface area contributed by atoms with Gasteiger partial charge in [-0.2, -0.15) is 0 Å². The summed E-state index contributed by atoms with van der Waals surface area (Å²) >= 11 is 11.7. The van der Waals surface area contributed by atoms with Crippen LogP contribution >= 0.6 is 23.2 Å². The van der Waals surface area contributed by atoms with E-state index >= 15 is 0 Å². The van der Waals surface area contributed by atoms with Crippen molar-refractivity contribution in [3.05, 3.63) is 51.3 Å². The number of rotatable bonds is 5. The van der Waals surface area contributed by atoms with Crippen LogP contribution in [0.15, 0.2) is 24.3 Å². The average Bonchev–Trinajstić information content (AvgIpc) is 2.90. The molecule has 1 aliphatic rings. The van der Waals surface area contributed by atoms with Crippen LogP contribution in [-0.2, 0) is 13.0 Å². The van der Waals surface area contributed by atoms with Crippen LogP contribution in [0.4, 0.5) is 0 Å². The molecular formula is C18H18Cl2N2O3. The summed E-state index contributed by atoms with van der Waals surface area (Å²) in [5.41, 5.74) is 2.34. The number of nitrogens with one attached hydrogen (secondary N) is 1. The van der Waals surface area contributed by atoms with Crippen molar-refractivity contribution in [2.45, 2.75) is 32.9 Å². The summed E-state index contributed by atoms with van der Waals surface area (Å²) in [7, 11) is 0. The van der Waals surface area contributed by atoms with Crippen molar-refractivity contribution in [3.8, 4) is 11.5 Å². The second kappa shape index (κ2) is 7.50. The Bertz CT molecular complexity index is 791. The molecule has 0 aliphatic carbocycles. The van der Waals surface area contributed by atoms with Crippen molar-refractivity contribution in [2.75, 3.05) is 6.61 Å². The summed E-state index contributed by atoms with van der Waals surface area (Å²) in [6.45, 7) is 4.80. The van der Waals surface area contributed by atoms with Gasteiger partial charge in [0.2, 0.25) is 0 Å². The fraction of sp³-hybridized carbons (Fsp3) is 0.333. The Morgan fingerprint density at radius 2 is 2.04 bits per heavy atom. The number of hydrogen-bond donors (Lipinski definition) is 1. The number of hydrogen-bond acceptors (Lipinski definition) is 4.